The highest BCUT2D eigenvalue weighted by atomic mass is 35.5. The fourth-order valence-electron chi connectivity index (χ4n) is 2.82. The Labute approximate surface area is 161 Å². The van der Waals surface area contributed by atoms with Gasteiger partial charge in [0, 0.05) is 5.02 Å². The summed E-state index contributed by atoms with van der Waals surface area (Å²) in [7, 11) is 0. The zero-order valence-corrected chi connectivity index (χ0v) is 15.9. The molecule has 1 atom stereocenters. The smallest absolute Gasteiger partial charge is 0.325 e. The zero-order chi connectivity index (χ0) is 18.9. The van der Waals surface area contributed by atoms with E-state index in [1.165, 1.54) is 0 Å². The van der Waals surface area contributed by atoms with Crippen molar-refractivity contribution in [1.82, 2.24) is 10.2 Å². The van der Waals surface area contributed by atoms with E-state index < -0.39 is 11.6 Å². The Morgan fingerprint density at radius 1 is 1.12 bits per heavy atom. The van der Waals surface area contributed by atoms with Gasteiger partial charge in [0.15, 0.2) is 0 Å². The van der Waals surface area contributed by atoms with Crippen LogP contribution < -0.4 is 10.1 Å². The molecule has 0 saturated carbocycles. The molecule has 0 bridgehead atoms. The van der Waals surface area contributed by atoms with Gasteiger partial charge in [-0.2, -0.15) is 0 Å². The molecule has 1 N–H and O–H groups in total. The Hall–Kier alpha value is -2.24. The first-order chi connectivity index (χ1) is 12.3. The fourth-order valence-corrected chi connectivity index (χ4v) is 3.28. The molecule has 0 radical (unpaired) electrons. The largest absolute Gasteiger partial charge is 0.490 e. The van der Waals surface area contributed by atoms with E-state index in [1.807, 2.05) is 31.2 Å². The van der Waals surface area contributed by atoms with Gasteiger partial charge in [0.1, 0.15) is 17.9 Å². The average molecular weight is 393 g/mol. The molecule has 136 valence electrons. The topological polar surface area (TPSA) is 58.6 Å². The number of hydrogen-bond acceptors (Lipinski definition) is 3. The van der Waals surface area contributed by atoms with Gasteiger partial charge >= 0.3 is 6.03 Å². The number of imide groups is 1. The lowest BCUT2D eigenvalue weighted by molar-refractivity contribution is -0.131. The molecule has 1 unspecified atom stereocenters. The molecule has 2 aromatic carbocycles. The molecule has 1 fully saturated rings. The molecular weight excluding hydrogens is 375 g/mol. The maximum atomic E-state index is 12.8. The summed E-state index contributed by atoms with van der Waals surface area (Å²) in [5, 5.41) is 3.65. The van der Waals surface area contributed by atoms with Crippen molar-refractivity contribution in [2.45, 2.75) is 19.4 Å². The van der Waals surface area contributed by atoms with Gasteiger partial charge in [-0.1, -0.05) is 53.0 Å². The van der Waals surface area contributed by atoms with E-state index in [2.05, 4.69) is 5.32 Å². The molecule has 0 spiro atoms. The van der Waals surface area contributed by atoms with Crippen molar-refractivity contribution in [1.29, 1.82) is 0 Å². The highest BCUT2D eigenvalue weighted by Gasteiger charge is 2.48. The highest BCUT2D eigenvalue weighted by Crippen LogP contribution is 2.30. The summed E-state index contributed by atoms with van der Waals surface area (Å²) in [5.41, 5.74) is 0.743. The Morgan fingerprint density at radius 2 is 1.81 bits per heavy atom. The maximum absolute atomic E-state index is 12.8. The van der Waals surface area contributed by atoms with Crippen LogP contribution in [0.4, 0.5) is 4.79 Å². The molecule has 0 aliphatic carbocycles. The first-order valence-corrected chi connectivity index (χ1v) is 8.86. The molecule has 1 aliphatic heterocycles. The zero-order valence-electron chi connectivity index (χ0n) is 14.4. The van der Waals surface area contributed by atoms with Crippen molar-refractivity contribution in [2.75, 3.05) is 13.2 Å². The SMILES string of the molecule is Cc1ccc(C2(C)NC(=O)N(CCOc3ccc(Cl)cc3Cl)C2=O)cc1. The van der Waals surface area contributed by atoms with Crippen LogP contribution in [0.5, 0.6) is 5.75 Å². The normalized spacial score (nSPS) is 19.6. The first-order valence-electron chi connectivity index (χ1n) is 8.10. The summed E-state index contributed by atoms with van der Waals surface area (Å²) >= 11 is 11.9. The third kappa shape index (κ3) is 3.50. The van der Waals surface area contributed by atoms with Crippen LogP contribution in [0.1, 0.15) is 18.1 Å². The number of nitrogens with zero attached hydrogens (tertiary/aromatic N) is 1. The molecule has 3 amide bonds. The summed E-state index contributed by atoms with van der Waals surface area (Å²) in [5.74, 6) is 0.140. The van der Waals surface area contributed by atoms with Crippen molar-refractivity contribution in [3.63, 3.8) is 0 Å². The van der Waals surface area contributed by atoms with Gasteiger partial charge in [0.25, 0.3) is 5.91 Å². The third-order valence-electron chi connectivity index (χ3n) is 4.37. The van der Waals surface area contributed by atoms with E-state index in [1.54, 1.807) is 25.1 Å². The van der Waals surface area contributed by atoms with Gasteiger partial charge in [-0.3, -0.25) is 9.69 Å². The number of nitrogens with one attached hydrogen (secondary N) is 1. The minimum Gasteiger partial charge on any atom is -0.490 e. The molecule has 26 heavy (non-hydrogen) atoms. The standard InChI is InChI=1S/C19H18Cl2N2O3/c1-12-3-5-13(6-4-12)19(2)17(24)23(18(25)22-19)9-10-26-16-8-7-14(20)11-15(16)21/h3-8,11H,9-10H2,1-2H3,(H,22,25). The summed E-state index contributed by atoms with van der Waals surface area (Å²) in [6, 6.07) is 12.0. The average Bonchev–Trinajstić information content (AvgIpc) is 2.81. The second-order valence-electron chi connectivity index (χ2n) is 6.30. The van der Waals surface area contributed by atoms with E-state index >= 15 is 0 Å². The molecule has 1 saturated heterocycles. The van der Waals surface area contributed by atoms with Gasteiger partial charge in [-0.05, 0) is 37.6 Å². The highest BCUT2D eigenvalue weighted by molar-refractivity contribution is 6.35. The molecular formula is C19H18Cl2N2O3. The van der Waals surface area contributed by atoms with Crippen LogP contribution in [-0.2, 0) is 10.3 Å². The molecule has 1 heterocycles. The Balaban J connectivity index is 1.68. The van der Waals surface area contributed by atoms with Crippen molar-refractivity contribution < 1.29 is 14.3 Å². The lowest BCUT2D eigenvalue weighted by atomic mass is 9.91. The second kappa shape index (κ2) is 7.17. The van der Waals surface area contributed by atoms with Crippen LogP contribution in [0, 0.1) is 6.92 Å². The lowest BCUT2D eigenvalue weighted by Crippen LogP contribution is -2.41. The number of carbonyl (C=O) groups excluding carboxylic acids is 2. The van der Waals surface area contributed by atoms with E-state index in [0.29, 0.717) is 15.8 Å². The summed E-state index contributed by atoms with van der Waals surface area (Å²) < 4.78 is 5.58. The van der Waals surface area contributed by atoms with Crippen LogP contribution in [0.2, 0.25) is 10.0 Å². The van der Waals surface area contributed by atoms with E-state index in [9.17, 15) is 9.59 Å². The van der Waals surface area contributed by atoms with Crippen molar-refractivity contribution >= 4 is 35.1 Å². The quantitative estimate of drug-likeness (QED) is 0.777. The van der Waals surface area contributed by atoms with Crippen LogP contribution in [0.25, 0.3) is 0 Å². The van der Waals surface area contributed by atoms with Gasteiger partial charge in [-0.25, -0.2) is 4.79 Å². The van der Waals surface area contributed by atoms with Crippen molar-refractivity contribution in [2.24, 2.45) is 0 Å². The number of rotatable bonds is 5. The Kier molecular flexibility index (Phi) is 5.12. The molecule has 1 aliphatic rings. The molecule has 3 rings (SSSR count). The predicted molar refractivity (Wildman–Crippen MR) is 101 cm³/mol. The first kappa shape index (κ1) is 18.5. The third-order valence-corrected chi connectivity index (χ3v) is 4.90. The van der Waals surface area contributed by atoms with Gasteiger partial charge < -0.3 is 10.1 Å². The van der Waals surface area contributed by atoms with Gasteiger partial charge in [0.2, 0.25) is 0 Å². The number of hydrogen-bond donors (Lipinski definition) is 1. The Morgan fingerprint density at radius 3 is 2.46 bits per heavy atom. The number of ether oxygens (including phenoxy) is 1. The van der Waals surface area contributed by atoms with Crippen LogP contribution in [0.3, 0.4) is 0 Å². The Bertz CT molecular complexity index is 854. The van der Waals surface area contributed by atoms with Crippen LogP contribution in [0.15, 0.2) is 42.5 Å². The number of urea groups is 1. The minimum absolute atomic E-state index is 0.116. The fraction of sp³-hybridized carbons (Fsp3) is 0.263. The number of aryl methyl sites for hydroxylation is 1. The summed E-state index contributed by atoms with van der Waals surface area (Å²) in [6.07, 6.45) is 0. The number of carbonyl (C=O) groups is 2. The molecule has 5 nitrogen and oxygen atoms in total. The van der Waals surface area contributed by atoms with E-state index in [0.717, 1.165) is 16.0 Å². The number of benzene rings is 2. The van der Waals surface area contributed by atoms with Crippen LogP contribution in [-0.4, -0.2) is 30.0 Å². The minimum atomic E-state index is -1.08. The number of halogens is 2. The monoisotopic (exact) mass is 392 g/mol. The molecule has 2 aromatic rings. The molecule has 0 aromatic heterocycles. The summed E-state index contributed by atoms with van der Waals surface area (Å²) in [6.45, 7) is 3.91. The maximum Gasteiger partial charge on any atom is 0.325 e. The van der Waals surface area contributed by atoms with Crippen molar-refractivity contribution in [3.8, 4) is 5.75 Å². The predicted octanol–water partition coefficient (Wildman–Crippen LogP) is 4.15. The summed E-state index contributed by atoms with van der Waals surface area (Å²) in [4.78, 5) is 26.3. The van der Waals surface area contributed by atoms with E-state index in [-0.39, 0.29) is 19.1 Å². The molecule has 7 heteroatoms. The second-order valence-corrected chi connectivity index (χ2v) is 7.14. The van der Waals surface area contributed by atoms with E-state index in [4.69, 9.17) is 27.9 Å². The van der Waals surface area contributed by atoms with Crippen LogP contribution >= 0.6 is 23.2 Å². The number of amides is 3. The van der Waals surface area contributed by atoms with Gasteiger partial charge in [-0.15, -0.1) is 0 Å². The van der Waals surface area contributed by atoms with Crippen molar-refractivity contribution in [3.05, 3.63) is 63.6 Å². The lowest BCUT2D eigenvalue weighted by Gasteiger charge is -2.22. The van der Waals surface area contributed by atoms with Gasteiger partial charge in [0.05, 0.1) is 11.6 Å².